The molecule has 1 aliphatic rings. The van der Waals surface area contributed by atoms with E-state index in [1.807, 2.05) is 22.8 Å². The third-order valence-electron chi connectivity index (χ3n) is 5.16. The molecule has 0 bridgehead atoms. The van der Waals surface area contributed by atoms with Crippen molar-refractivity contribution in [3.8, 4) is 0 Å². The van der Waals surface area contributed by atoms with Gasteiger partial charge >= 0.3 is 0 Å². The van der Waals surface area contributed by atoms with E-state index in [1.165, 1.54) is 0 Å². The molecule has 0 aliphatic carbocycles. The molecular weight excluding hydrogens is 384 g/mol. The van der Waals surface area contributed by atoms with Gasteiger partial charge in [0.15, 0.2) is 5.65 Å². The first-order valence-electron chi connectivity index (χ1n) is 9.83. The fourth-order valence-electron chi connectivity index (χ4n) is 3.71. The van der Waals surface area contributed by atoms with Gasteiger partial charge in [0.25, 0.3) is 0 Å². The van der Waals surface area contributed by atoms with Crippen LogP contribution in [0, 0.1) is 5.92 Å². The zero-order valence-corrected chi connectivity index (χ0v) is 16.8. The number of likely N-dealkylation sites (tertiary alicyclic amines) is 1. The Morgan fingerprint density at radius 2 is 2.17 bits per heavy atom. The summed E-state index contributed by atoms with van der Waals surface area (Å²) in [5, 5.41) is 12.7. The molecule has 10 nitrogen and oxygen atoms in total. The van der Waals surface area contributed by atoms with E-state index in [2.05, 4.69) is 25.5 Å². The molecule has 3 aromatic rings. The number of piperidine rings is 1. The molecule has 1 saturated heterocycles. The number of hydrogen-bond acceptors (Lipinski definition) is 7. The third kappa shape index (κ3) is 4.93. The van der Waals surface area contributed by atoms with Gasteiger partial charge in [-0.05, 0) is 18.8 Å². The number of nitrogens with one attached hydrogen (secondary N) is 1. The Labute approximate surface area is 176 Å². The monoisotopic (exact) mass is 414 g/mol. The van der Waals surface area contributed by atoms with E-state index >= 15 is 0 Å². The topological polar surface area (TPSA) is 103 Å². The number of carbonyl (C=O) groups is 1. The minimum Gasteiger partial charge on any atom is -0.384 e. The Kier molecular flexibility index (Phi) is 6.99. The molecule has 3 aromatic heterocycles. The molecule has 1 aliphatic heterocycles. The molecule has 1 unspecified atom stereocenters. The van der Waals surface area contributed by atoms with Crippen molar-refractivity contribution < 1.29 is 9.53 Å². The summed E-state index contributed by atoms with van der Waals surface area (Å²) in [5.74, 6) is 1.02. The van der Waals surface area contributed by atoms with Crippen LogP contribution in [0.5, 0.6) is 0 Å². The van der Waals surface area contributed by atoms with Crippen LogP contribution in [0.15, 0.2) is 24.8 Å². The van der Waals surface area contributed by atoms with Crippen molar-refractivity contribution in [3.63, 3.8) is 0 Å². The van der Waals surface area contributed by atoms with Gasteiger partial charge < -0.3 is 15.0 Å². The first-order valence-corrected chi connectivity index (χ1v) is 9.83. The molecule has 1 atom stereocenters. The van der Waals surface area contributed by atoms with E-state index in [-0.39, 0.29) is 13.3 Å². The van der Waals surface area contributed by atoms with E-state index < -0.39 is 0 Å². The Hall–Kier alpha value is -3.01. The highest BCUT2D eigenvalue weighted by molar-refractivity contribution is 5.76. The number of hydrogen-bond donors (Lipinski definition) is 1. The van der Waals surface area contributed by atoms with Crippen molar-refractivity contribution in [2.24, 2.45) is 13.0 Å². The van der Waals surface area contributed by atoms with E-state index in [4.69, 9.17) is 4.74 Å². The average molecular weight is 415 g/mol. The number of methoxy groups -OCH3 is 1. The van der Waals surface area contributed by atoms with Crippen molar-refractivity contribution in [1.29, 1.82) is 0 Å². The summed E-state index contributed by atoms with van der Waals surface area (Å²) in [7, 11) is 3.48. The fraction of sp³-hybridized carbons (Fsp3) is 0.550. The Balaban J connectivity index is 0.00000256. The number of amides is 1. The SMILES string of the molecule is C.COCCC(=O)N1CCCC(Cn2ncc3cnc(Nc4cnn(C)c4)nc32)C1. The van der Waals surface area contributed by atoms with Crippen LogP contribution in [0.1, 0.15) is 26.7 Å². The Morgan fingerprint density at radius 1 is 1.30 bits per heavy atom. The first-order chi connectivity index (χ1) is 14.1. The smallest absolute Gasteiger partial charge is 0.229 e. The van der Waals surface area contributed by atoms with Crippen LogP contribution in [0.2, 0.25) is 0 Å². The van der Waals surface area contributed by atoms with Gasteiger partial charge in [-0.15, -0.1) is 0 Å². The van der Waals surface area contributed by atoms with Gasteiger partial charge in [0.05, 0.1) is 36.5 Å². The van der Waals surface area contributed by atoms with Gasteiger partial charge in [-0.25, -0.2) is 9.67 Å². The molecular formula is C20H30N8O2. The Morgan fingerprint density at radius 3 is 2.93 bits per heavy atom. The lowest BCUT2D eigenvalue weighted by atomic mass is 9.98. The van der Waals surface area contributed by atoms with Crippen LogP contribution in [-0.4, -0.2) is 67.1 Å². The van der Waals surface area contributed by atoms with Crippen molar-refractivity contribution in [3.05, 3.63) is 24.8 Å². The predicted octanol–water partition coefficient (Wildman–Crippen LogP) is 2.21. The van der Waals surface area contributed by atoms with Gasteiger partial charge in [0.2, 0.25) is 11.9 Å². The number of carbonyl (C=O) groups excluding carboxylic acids is 1. The molecule has 0 aromatic carbocycles. The maximum absolute atomic E-state index is 12.3. The molecule has 0 spiro atoms. The van der Waals surface area contributed by atoms with Crippen molar-refractivity contribution in [2.75, 3.05) is 32.1 Å². The van der Waals surface area contributed by atoms with E-state index in [1.54, 1.807) is 30.4 Å². The second kappa shape index (κ2) is 9.66. The third-order valence-corrected chi connectivity index (χ3v) is 5.16. The summed E-state index contributed by atoms with van der Waals surface area (Å²) >= 11 is 0. The van der Waals surface area contributed by atoms with Crippen molar-refractivity contribution in [1.82, 2.24) is 34.4 Å². The normalized spacial score (nSPS) is 16.5. The van der Waals surface area contributed by atoms with Crippen molar-refractivity contribution in [2.45, 2.75) is 33.2 Å². The summed E-state index contributed by atoms with van der Waals surface area (Å²) in [6.45, 7) is 2.75. The number of rotatable bonds is 7. The minimum atomic E-state index is 0. The Bertz CT molecular complexity index is 982. The number of nitrogens with zero attached hydrogens (tertiary/aromatic N) is 7. The summed E-state index contributed by atoms with van der Waals surface area (Å²) in [6, 6.07) is 0. The summed E-state index contributed by atoms with van der Waals surface area (Å²) < 4.78 is 8.66. The number of anilines is 2. The molecule has 4 heterocycles. The van der Waals surface area contributed by atoms with E-state index in [9.17, 15) is 4.79 Å². The van der Waals surface area contributed by atoms with Gasteiger partial charge in [-0.2, -0.15) is 15.2 Å². The highest BCUT2D eigenvalue weighted by Crippen LogP contribution is 2.22. The van der Waals surface area contributed by atoms with Crippen molar-refractivity contribution >= 4 is 28.6 Å². The quantitative estimate of drug-likeness (QED) is 0.632. The van der Waals surface area contributed by atoms with Crippen LogP contribution in [0.25, 0.3) is 11.0 Å². The molecule has 1 N–H and O–H groups in total. The fourth-order valence-corrected chi connectivity index (χ4v) is 3.71. The zero-order valence-electron chi connectivity index (χ0n) is 16.8. The lowest BCUT2D eigenvalue weighted by molar-refractivity contribution is -0.134. The molecule has 10 heteroatoms. The van der Waals surface area contributed by atoms with E-state index in [0.717, 1.165) is 49.2 Å². The summed E-state index contributed by atoms with van der Waals surface area (Å²) in [4.78, 5) is 23.3. The largest absolute Gasteiger partial charge is 0.384 e. The molecule has 0 radical (unpaired) electrons. The van der Waals surface area contributed by atoms with Gasteiger partial charge in [0, 0.05) is 46.2 Å². The van der Waals surface area contributed by atoms with Gasteiger partial charge in [-0.3, -0.25) is 9.48 Å². The standard InChI is InChI=1S/C19H26N8O2.CH4/c1-25-13-16(10-21-25)23-19-20-8-15-9-22-27(18(15)24-19)12-14-4-3-6-26(11-14)17(28)5-7-29-2;/h8-10,13-14H,3-7,11-12H2,1-2H3,(H,20,23,24);1H4. The summed E-state index contributed by atoms with van der Waals surface area (Å²) in [6.07, 6.45) is 9.65. The number of aromatic nitrogens is 6. The van der Waals surface area contributed by atoms with Crippen LogP contribution in [0.3, 0.4) is 0 Å². The van der Waals surface area contributed by atoms with Gasteiger partial charge in [-0.1, -0.05) is 7.43 Å². The highest BCUT2D eigenvalue weighted by atomic mass is 16.5. The summed E-state index contributed by atoms with van der Waals surface area (Å²) in [5.41, 5.74) is 1.62. The first kappa shape index (κ1) is 21.7. The minimum absolute atomic E-state index is 0. The number of ether oxygens (including phenoxy) is 1. The molecule has 1 amide bonds. The molecule has 4 rings (SSSR count). The van der Waals surface area contributed by atoms with Gasteiger partial charge in [0.1, 0.15) is 0 Å². The number of aryl methyl sites for hydroxylation is 1. The lowest BCUT2D eigenvalue weighted by Gasteiger charge is -2.32. The highest BCUT2D eigenvalue weighted by Gasteiger charge is 2.24. The van der Waals surface area contributed by atoms with Crippen LogP contribution in [0.4, 0.5) is 11.6 Å². The van der Waals surface area contributed by atoms with E-state index in [0.29, 0.717) is 24.9 Å². The predicted molar refractivity (Wildman–Crippen MR) is 114 cm³/mol. The molecule has 30 heavy (non-hydrogen) atoms. The maximum Gasteiger partial charge on any atom is 0.229 e. The van der Waals surface area contributed by atoms with Crippen LogP contribution >= 0.6 is 0 Å². The number of fused-ring (bicyclic) bond motifs is 1. The average Bonchev–Trinajstić information content (AvgIpc) is 3.32. The second-order valence-electron chi connectivity index (χ2n) is 7.42. The van der Waals surface area contributed by atoms with Crippen LogP contribution < -0.4 is 5.32 Å². The van der Waals surface area contributed by atoms with Crippen LogP contribution in [-0.2, 0) is 23.1 Å². The maximum atomic E-state index is 12.3. The lowest BCUT2D eigenvalue weighted by Crippen LogP contribution is -2.41. The zero-order chi connectivity index (χ0) is 20.2. The second-order valence-corrected chi connectivity index (χ2v) is 7.42. The molecule has 0 saturated carbocycles. The molecule has 162 valence electrons. The molecule has 1 fully saturated rings.